The molecule has 3 N–H and O–H groups in total. The number of carbonyl (C=O) groups excluding carboxylic acids is 1. The Morgan fingerprint density at radius 1 is 1.69 bits per heavy atom. The quantitative estimate of drug-likeness (QED) is 0.706. The van der Waals surface area contributed by atoms with E-state index < -0.39 is 5.91 Å². The van der Waals surface area contributed by atoms with Crippen molar-refractivity contribution in [3.63, 3.8) is 0 Å². The molecule has 0 atom stereocenters. The molecule has 4 nitrogen and oxygen atoms in total. The standard InChI is InChI=1S/C9H10N3O/c10-9(13)7-2-1-3-8(12-7)11-6-4-5-6/h1,3,6H,4-5H2,(H2,10,13)(H,11,12). The average molecular weight is 176 g/mol. The number of hydrogen-bond donors (Lipinski definition) is 2. The van der Waals surface area contributed by atoms with E-state index in [1.807, 2.05) is 0 Å². The van der Waals surface area contributed by atoms with Crippen LogP contribution in [-0.4, -0.2) is 16.9 Å². The van der Waals surface area contributed by atoms with Gasteiger partial charge in [0, 0.05) is 12.1 Å². The number of amides is 1. The fourth-order valence-electron chi connectivity index (χ4n) is 1.03. The zero-order valence-electron chi connectivity index (χ0n) is 7.08. The number of aromatic nitrogens is 1. The van der Waals surface area contributed by atoms with E-state index in [-0.39, 0.29) is 5.69 Å². The van der Waals surface area contributed by atoms with Crippen LogP contribution in [0.5, 0.6) is 0 Å². The monoisotopic (exact) mass is 176 g/mol. The van der Waals surface area contributed by atoms with Gasteiger partial charge in [-0.1, -0.05) is 0 Å². The molecule has 1 heterocycles. The molecule has 1 aliphatic rings. The van der Waals surface area contributed by atoms with Crippen molar-refractivity contribution in [2.45, 2.75) is 18.9 Å². The SMILES string of the molecule is NC(=O)c1[c]ccc(NC2CC2)n1. The van der Waals surface area contributed by atoms with Gasteiger partial charge in [0.05, 0.1) is 0 Å². The Kier molecular flexibility index (Phi) is 1.88. The molecule has 4 heteroatoms. The van der Waals surface area contributed by atoms with Crippen molar-refractivity contribution in [1.29, 1.82) is 0 Å². The minimum atomic E-state index is -0.542. The molecule has 1 fully saturated rings. The summed E-state index contributed by atoms with van der Waals surface area (Å²) in [7, 11) is 0. The van der Waals surface area contributed by atoms with Crippen molar-refractivity contribution in [3.05, 3.63) is 23.9 Å². The molecule has 0 aliphatic heterocycles. The number of rotatable bonds is 3. The lowest BCUT2D eigenvalue weighted by molar-refractivity contribution is 0.0995. The maximum absolute atomic E-state index is 10.8. The Bertz CT molecular complexity index is 333. The highest BCUT2D eigenvalue weighted by Crippen LogP contribution is 2.23. The van der Waals surface area contributed by atoms with Gasteiger partial charge in [-0.15, -0.1) is 0 Å². The van der Waals surface area contributed by atoms with Gasteiger partial charge in [-0.2, -0.15) is 0 Å². The maximum atomic E-state index is 10.8. The van der Waals surface area contributed by atoms with Gasteiger partial charge < -0.3 is 11.1 Å². The maximum Gasteiger partial charge on any atom is 0.268 e. The molecule has 0 unspecified atom stereocenters. The van der Waals surface area contributed by atoms with E-state index in [1.165, 1.54) is 12.8 Å². The average Bonchev–Trinajstić information content (AvgIpc) is 2.89. The molecule has 0 aromatic carbocycles. The third-order valence-corrected chi connectivity index (χ3v) is 1.86. The first-order valence-corrected chi connectivity index (χ1v) is 4.21. The first-order chi connectivity index (χ1) is 6.25. The molecule has 0 saturated heterocycles. The van der Waals surface area contributed by atoms with E-state index in [2.05, 4.69) is 16.4 Å². The summed E-state index contributed by atoms with van der Waals surface area (Å²) >= 11 is 0. The summed E-state index contributed by atoms with van der Waals surface area (Å²) in [6.45, 7) is 0. The summed E-state index contributed by atoms with van der Waals surface area (Å²) < 4.78 is 0. The largest absolute Gasteiger partial charge is 0.367 e. The molecule has 1 radical (unpaired) electrons. The highest BCUT2D eigenvalue weighted by atomic mass is 16.1. The molecule has 13 heavy (non-hydrogen) atoms. The van der Waals surface area contributed by atoms with E-state index in [4.69, 9.17) is 5.73 Å². The van der Waals surface area contributed by atoms with Crippen LogP contribution in [0.15, 0.2) is 12.1 Å². The summed E-state index contributed by atoms with van der Waals surface area (Å²) in [6, 6.07) is 6.63. The van der Waals surface area contributed by atoms with Gasteiger partial charge in [-0.25, -0.2) is 4.98 Å². The Morgan fingerprint density at radius 2 is 2.46 bits per heavy atom. The molecule has 2 rings (SSSR count). The Labute approximate surface area is 76.2 Å². The van der Waals surface area contributed by atoms with Gasteiger partial charge in [-0.05, 0) is 25.0 Å². The Balaban J connectivity index is 2.15. The third kappa shape index (κ3) is 1.96. The van der Waals surface area contributed by atoms with Crippen LogP contribution in [0, 0.1) is 6.07 Å². The van der Waals surface area contributed by atoms with Crippen LogP contribution in [0.3, 0.4) is 0 Å². The van der Waals surface area contributed by atoms with E-state index in [0.29, 0.717) is 11.9 Å². The number of pyridine rings is 1. The summed E-state index contributed by atoms with van der Waals surface area (Å²) in [5, 5.41) is 3.17. The van der Waals surface area contributed by atoms with Gasteiger partial charge in [0.25, 0.3) is 5.91 Å². The fraction of sp³-hybridized carbons (Fsp3) is 0.333. The highest BCUT2D eigenvalue weighted by molar-refractivity contribution is 5.90. The van der Waals surface area contributed by atoms with Gasteiger partial charge >= 0.3 is 0 Å². The van der Waals surface area contributed by atoms with Crippen molar-refractivity contribution in [2.75, 3.05) is 5.32 Å². The highest BCUT2D eigenvalue weighted by Gasteiger charge is 2.21. The minimum absolute atomic E-state index is 0.186. The summed E-state index contributed by atoms with van der Waals surface area (Å²) in [6.07, 6.45) is 2.35. The molecule has 0 bridgehead atoms. The molecule has 1 aliphatic carbocycles. The fourth-order valence-corrected chi connectivity index (χ4v) is 1.03. The zero-order chi connectivity index (χ0) is 9.26. The topological polar surface area (TPSA) is 68.0 Å². The van der Waals surface area contributed by atoms with Gasteiger partial charge in [0.2, 0.25) is 0 Å². The van der Waals surface area contributed by atoms with Crippen LogP contribution in [0.1, 0.15) is 23.3 Å². The summed E-state index contributed by atoms with van der Waals surface area (Å²) in [5.74, 6) is 0.162. The number of primary amides is 1. The van der Waals surface area contributed by atoms with E-state index in [9.17, 15) is 4.79 Å². The second-order valence-corrected chi connectivity index (χ2v) is 3.11. The van der Waals surface area contributed by atoms with Crippen LogP contribution in [0.2, 0.25) is 0 Å². The number of nitrogens with one attached hydrogen (secondary N) is 1. The van der Waals surface area contributed by atoms with Crippen LogP contribution in [0.25, 0.3) is 0 Å². The van der Waals surface area contributed by atoms with Crippen LogP contribution in [-0.2, 0) is 0 Å². The van der Waals surface area contributed by atoms with Gasteiger partial charge in [0.15, 0.2) is 0 Å². The summed E-state index contributed by atoms with van der Waals surface area (Å²) in [4.78, 5) is 14.8. The summed E-state index contributed by atoms with van der Waals surface area (Å²) in [5.41, 5.74) is 5.25. The smallest absolute Gasteiger partial charge is 0.268 e. The first-order valence-electron chi connectivity index (χ1n) is 4.21. The van der Waals surface area contributed by atoms with Gasteiger partial charge in [-0.3, -0.25) is 4.79 Å². The molecule has 1 aromatic rings. The van der Waals surface area contributed by atoms with Crippen LogP contribution in [0.4, 0.5) is 5.82 Å². The zero-order valence-corrected chi connectivity index (χ0v) is 7.08. The molecular weight excluding hydrogens is 166 g/mol. The number of anilines is 1. The van der Waals surface area contributed by atoms with Crippen molar-refractivity contribution >= 4 is 11.7 Å². The lowest BCUT2D eigenvalue weighted by Crippen LogP contribution is -2.14. The molecular formula is C9H10N3O. The molecule has 1 amide bonds. The molecule has 0 spiro atoms. The number of carbonyl (C=O) groups is 1. The lowest BCUT2D eigenvalue weighted by Gasteiger charge is -2.03. The van der Waals surface area contributed by atoms with Crippen molar-refractivity contribution < 1.29 is 4.79 Å². The van der Waals surface area contributed by atoms with Crippen LogP contribution < -0.4 is 11.1 Å². The van der Waals surface area contributed by atoms with Crippen molar-refractivity contribution in [3.8, 4) is 0 Å². The second-order valence-electron chi connectivity index (χ2n) is 3.11. The van der Waals surface area contributed by atoms with Crippen molar-refractivity contribution in [2.24, 2.45) is 5.73 Å². The third-order valence-electron chi connectivity index (χ3n) is 1.86. The van der Waals surface area contributed by atoms with Crippen LogP contribution >= 0.6 is 0 Å². The predicted molar refractivity (Wildman–Crippen MR) is 48.2 cm³/mol. The normalized spacial score (nSPS) is 15.4. The van der Waals surface area contributed by atoms with Gasteiger partial charge in [0.1, 0.15) is 11.5 Å². The van der Waals surface area contributed by atoms with E-state index in [1.54, 1.807) is 12.1 Å². The number of hydrogen-bond acceptors (Lipinski definition) is 3. The number of nitrogens with zero attached hydrogens (tertiary/aromatic N) is 1. The Hall–Kier alpha value is -1.58. The second kappa shape index (κ2) is 3.05. The van der Waals surface area contributed by atoms with E-state index >= 15 is 0 Å². The minimum Gasteiger partial charge on any atom is -0.367 e. The number of nitrogens with two attached hydrogens (primary N) is 1. The molecule has 1 aromatic heterocycles. The predicted octanol–water partition coefficient (Wildman–Crippen LogP) is 0.555. The Morgan fingerprint density at radius 3 is 3.08 bits per heavy atom. The van der Waals surface area contributed by atoms with Crippen molar-refractivity contribution in [1.82, 2.24) is 4.98 Å². The lowest BCUT2D eigenvalue weighted by atomic mass is 10.3. The molecule has 1 saturated carbocycles. The molecule has 67 valence electrons. The first kappa shape index (κ1) is 8.04. The van der Waals surface area contributed by atoms with E-state index in [0.717, 1.165) is 0 Å².